The monoisotopic (exact) mass is 170 g/mol. The highest BCUT2D eigenvalue weighted by Gasteiger charge is 2.21. The van der Waals surface area contributed by atoms with Crippen LogP contribution in [0.2, 0.25) is 0 Å². The van der Waals surface area contributed by atoms with Crippen molar-refractivity contribution in [2.75, 3.05) is 19.6 Å². The van der Waals surface area contributed by atoms with Crippen LogP contribution in [0.25, 0.3) is 0 Å². The molecule has 1 atom stereocenters. The Kier molecular flexibility index (Phi) is 3.13. The van der Waals surface area contributed by atoms with E-state index < -0.39 is 0 Å². The van der Waals surface area contributed by atoms with Gasteiger partial charge in [-0.1, -0.05) is 6.92 Å². The number of likely N-dealkylation sites (tertiary alicyclic amines) is 1. The second kappa shape index (κ2) is 3.75. The summed E-state index contributed by atoms with van der Waals surface area (Å²) in [6.45, 7) is 10.1. The van der Waals surface area contributed by atoms with E-state index in [-0.39, 0.29) is 5.54 Å². The molecule has 0 spiro atoms. The summed E-state index contributed by atoms with van der Waals surface area (Å²) in [5.41, 5.74) is 5.94. The quantitative estimate of drug-likeness (QED) is 0.680. The van der Waals surface area contributed by atoms with E-state index >= 15 is 0 Å². The van der Waals surface area contributed by atoms with Crippen molar-refractivity contribution < 1.29 is 0 Å². The fourth-order valence-electron chi connectivity index (χ4n) is 2.01. The van der Waals surface area contributed by atoms with Crippen molar-refractivity contribution in [3.63, 3.8) is 0 Å². The van der Waals surface area contributed by atoms with Crippen LogP contribution < -0.4 is 5.73 Å². The molecule has 1 saturated heterocycles. The number of hydrogen-bond donors (Lipinski definition) is 1. The van der Waals surface area contributed by atoms with E-state index in [1.807, 2.05) is 0 Å². The van der Waals surface area contributed by atoms with Crippen LogP contribution in [0.3, 0.4) is 0 Å². The van der Waals surface area contributed by atoms with Gasteiger partial charge in [-0.2, -0.15) is 0 Å². The average molecular weight is 170 g/mol. The summed E-state index contributed by atoms with van der Waals surface area (Å²) in [4.78, 5) is 2.49. The maximum absolute atomic E-state index is 5.97. The Bertz CT molecular complexity index is 137. The molecule has 2 N–H and O–H groups in total. The number of nitrogens with two attached hydrogens (primary N) is 1. The smallest absolute Gasteiger partial charge is 0.0226 e. The van der Waals surface area contributed by atoms with Crippen LogP contribution in [0, 0.1) is 5.92 Å². The fourth-order valence-corrected chi connectivity index (χ4v) is 2.01. The molecule has 72 valence electrons. The third-order valence-corrected chi connectivity index (χ3v) is 2.37. The van der Waals surface area contributed by atoms with Crippen molar-refractivity contribution >= 4 is 0 Å². The summed E-state index contributed by atoms with van der Waals surface area (Å²) in [7, 11) is 0. The molecule has 0 bridgehead atoms. The first-order valence-electron chi connectivity index (χ1n) is 4.98. The normalized spacial score (nSPS) is 27.5. The summed E-state index contributed by atoms with van der Waals surface area (Å²) in [5, 5.41) is 0. The Balaban J connectivity index is 2.32. The fraction of sp³-hybridized carbons (Fsp3) is 1.00. The molecule has 0 aromatic carbocycles. The molecule has 0 unspecified atom stereocenters. The maximum Gasteiger partial charge on any atom is 0.0226 e. The Morgan fingerprint density at radius 2 is 2.17 bits per heavy atom. The number of nitrogens with zero attached hydrogens (tertiary/aromatic N) is 1. The van der Waals surface area contributed by atoms with E-state index in [1.54, 1.807) is 0 Å². The summed E-state index contributed by atoms with van der Waals surface area (Å²) in [6.07, 6.45) is 2.73. The van der Waals surface area contributed by atoms with E-state index in [4.69, 9.17) is 5.73 Å². The van der Waals surface area contributed by atoms with Crippen LogP contribution in [-0.2, 0) is 0 Å². The average Bonchev–Trinajstić information content (AvgIpc) is 1.82. The SMILES string of the molecule is C[C@H]1CCCN(CC(C)(C)N)C1. The maximum atomic E-state index is 5.97. The van der Waals surface area contributed by atoms with E-state index in [0.717, 1.165) is 12.5 Å². The van der Waals surface area contributed by atoms with Crippen LogP contribution in [0.1, 0.15) is 33.6 Å². The minimum absolute atomic E-state index is 0.0307. The number of hydrogen-bond acceptors (Lipinski definition) is 2. The summed E-state index contributed by atoms with van der Waals surface area (Å²) in [6, 6.07) is 0. The minimum Gasteiger partial charge on any atom is -0.324 e. The topological polar surface area (TPSA) is 29.3 Å². The van der Waals surface area contributed by atoms with Crippen LogP contribution in [0.5, 0.6) is 0 Å². The lowest BCUT2D eigenvalue weighted by Crippen LogP contribution is -2.48. The molecule has 0 aliphatic carbocycles. The molecule has 1 aliphatic heterocycles. The van der Waals surface area contributed by atoms with E-state index in [9.17, 15) is 0 Å². The molecule has 0 amide bonds. The van der Waals surface area contributed by atoms with Crippen molar-refractivity contribution in [2.45, 2.75) is 39.2 Å². The molecule has 1 aliphatic rings. The first kappa shape index (κ1) is 10.0. The van der Waals surface area contributed by atoms with Gasteiger partial charge in [0, 0.05) is 18.6 Å². The van der Waals surface area contributed by atoms with Crippen molar-refractivity contribution in [3.8, 4) is 0 Å². The van der Waals surface area contributed by atoms with Gasteiger partial charge in [-0.3, -0.25) is 0 Å². The molecule has 0 radical (unpaired) electrons. The van der Waals surface area contributed by atoms with Gasteiger partial charge in [-0.05, 0) is 39.2 Å². The van der Waals surface area contributed by atoms with Crippen molar-refractivity contribution in [3.05, 3.63) is 0 Å². The van der Waals surface area contributed by atoms with Gasteiger partial charge in [0.2, 0.25) is 0 Å². The third-order valence-electron chi connectivity index (χ3n) is 2.37. The highest BCUT2D eigenvalue weighted by atomic mass is 15.1. The van der Waals surface area contributed by atoms with Crippen LogP contribution in [0.4, 0.5) is 0 Å². The Hall–Kier alpha value is -0.0800. The molecule has 0 saturated carbocycles. The van der Waals surface area contributed by atoms with Crippen molar-refractivity contribution in [1.82, 2.24) is 4.90 Å². The lowest BCUT2D eigenvalue weighted by Gasteiger charge is -2.35. The van der Waals surface area contributed by atoms with Crippen LogP contribution in [-0.4, -0.2) is 30.1 Å². The van der Waals surface area contributed by atoms with Crippen molar-refractivity contribution in [1.29, 1.82) is 0 Å². The van der Waals surface area contributed by atoms with Gasteiger partial charge in [0.25, 0.3) is 0 Å². The molecule has 1 heterocycles. The van der Waals surface area contributed by atoms with Gasteiger partial charge in [0.05, 0.1) is 0 Å². The van der Waals surface area contributed by atoms with Crippen molar-refractivity contribution in [2.24, 2.45) is 11.7 Å². The van der Waals surface area contributed by atoms with Gasteiger partial charge in [0.1, 0.15) is 0 Å². The molecule has 0 aromatic heterocycles. The van der Waals surface area contributed by atoms with Gasteiger partial charge in [0.15, 0.2) is 0 Å². The van der Waals surface area contributed by atoms with E-state index in [0.29, 0.717) is 0 Å². The van der Waals surface area contributed by atoms with E-state index in [1.165, 1.54) is 25.9 Å². The summed E-state index contributed by atoms with van der Waals surface area (Å²) in [5.74, 6) is 0.862. The molecular weight excluding hydrogens is 148 g/mol. The molecular formula is C10H22N2. The Morgan fingerprint density at radius 3 is 2.67 bits per heavy atom. The Morgan fingerprint density at radius 1 is 1.50 bits per heavy atom. The molecule has 12 heavy (non-hydrogen) atoms. The van der Waals surface area contributed by atoms with E-state index in [2.05, 4.69) is 25.7 Å². The van der Waals surface area contributed by atoms with Gasteiger partial charge in [-0.25, -0.2) is 0 Å². The highest BCUT2D eigenvalue weighted by molar-refractivity contribution is 4.80. The molecule has 2 nitrogen and oxygen atoms in total. The van der Waals surface area contributed by atoms with Gasteiger partial charge < -0.3 is 10.6 Å². The number of rotatable bonds is 2. The first-order chi connectivity index (χ1) is 5.47. The third kappa shape index (κ3) is 3.55. The zero-order valence-corrected chi connectivity index (χ0v) is 8.64. The Labute approximate surface area is 76.1 Å². The zero-order chi connectivity index (χ0) is 9.19. The highest BCUT2D eigenvalue weighted by Crippen LogP contribution is 2.16. The second-order valence-electron chi connectivity index (χ2n) is 4.97. The molecule has 0 aromatic rings. The van der Waals surface area contributed by atoms with Gasteiger partial charge >= 0.3 is 0 Å². The number of piperidine rings is 1. The lowest BCUT2D eigenvalue weighted by molar-refractivity contribution is 0.156. The predicted molar refractivity (Wildman–Crippen MR) is 53.1 cm³/mol. The van der Waals surface area contributed by atoms with Gasteiger partial charge in [-0.15, -0.1) is 0 Å². The summed E-state index contributed by atoms with van der Waals surface area (Å²) < 4.78 is 0. The second-order valence-corrected chi connectivity index (χ2v) is 4.97. The van der Waals surface area contributed by atoms with Crippen LogP contribution in [0.15, 0.2) is 0 Å². The standard InChI is InChI=1S/C10H22N2/c1-9-5-4-6-12(7-9)8-10(2,3)11/h9H,4-8,11H2,1-3H3/t9-/m0/s1. The molecule has 2 heteroatoms. The molecule has 1 fully saturated rings. The predicted octanol–water partition coefficient (Wildman–Crippen LogP) is 1.46. The van der Waals surface area contributed by atoms with Crippen LogP contribution >= 0.6 is 0 Å². The lowest BCUT2D eigenvalue weighted by atomic mass is 9.98. The zero-order valence-electron chi connectivity index (χ0n) is 8.64. The largest absolute Gasteiger partial charge is 0.324 e. The molecule has 1 rings (SSSR count). The first-order valence-corrected chi connectivity index (χ1v) is 4.98. The summed E-state index contributed by atoms with van der Waals surface area (Å²) >= 11 is 0. The minimum atomic E-state index is -0.0307.